The van der Waals surface area contributed by atoms with Crippen molar-refractivity contribution in [1.29, 1.82) is 0 Å². The minimum atomic E-state index is 0.612. The number of rotatable bonds is 4. The molecule has 1 aromatic heterocycles. The zero-order chi connectivity index (χ0) is 17.9. The maximum atomic E-state index is 5.22. The molecule has 2 aromatic rings. The van der Waals surface area contributed by atoms with Crippen LogP contribution in [0.25, 0.3) is 5.69 Å². The van der Waals surface area contributed by atoms with Crippen molar-refractivity contribution >= 4 is 5.82 Å². The molecule has 4 heteroatoms. The Morgan fingerprint density at radius 2 is 1.92 bits per heavy atom. The van der Waals surface area contributed by atoms with E-state index in [1.165, 1.54) is 80.1 Å². The number of hydrogen-bond donors (Lipinski definition) is 1. The van der Waals surface area contributed by atoms with E-state index < -0.39 is 0 Å². The Morgan fingerprint density at radius 1 is 1.12 bits per heavy atom. The van der Waals surface area contributed by atoms with Gasteiger partial charge in [0.05, 0.1) is 11.4 Å². The SMILES string of the molecule is CCc1ccccc1-n1nc(C2CCN(CC)CC2)c2c1NCCCC2. The van der Waals surface area contributed by atoms with Crippen molar-refractivity contribution in [3.8, 4) is 5.69 Å². The van der Waals surface area contributed by atoms with E-state index in [0.717, 1.165) is 13.0 Å². The van der Waals surface area contributed by atoms with E-state index in [2.05, 4.69) is 53.0 Å². The van der Waals surface area contributed by atoms with Gasteiger partial charge >= 0.3 is 0 Å². The number of anilines is 1. The van der Waals surface area contributed by atoms with Crippen molar-refractivity contribution in [2.75, 3.05) is 31.5 Å². The van der Waals surface area contributed by atoms with Crippen LogP contribution in [-0.2, 0) is 12.8 Å². The zero-order valence-corrected chi connectivity index (χ0v) is 16.3. The van der Waals surface area contributed by atoms with Crippen LogP contribution in [0.1, 0.15) is 62.3 Å². The highest BCUT2D eigenvalue weighted by atomic mass is 15.3. The maximum Gasteiger partial charge on any atom is 0.133 e. The third kappa shape index (κ3) is 3.27. The first-order valence-corrected chi connectivity index (χ1v) is 10.5. The second-order valence-electron chi connectivity index (χ2n) is 7.70. The summed E-state index contributed by atoms with van der Waals surface area (Å²) in [5.74, 6) is 1.87. The van der Waals surface area contributed by atoms with Gasteiger partial charge in [0.15, 0.2) is 0 Å². The molecule has 4 rings (SSSR count). The number of benzene rings is 1. The average molecular weight is 353 g/mol. The van der Waals surface area contributed by atoms with E-state index in [9.17, 15) is 0 Å². The monoisotopic (exact) mass is 352 g/mol. The van der Waals surface area contributed by atoms with Crippen molar-refractivity contribution in [2.24, 2.45) is 0 Å². The Bertz CT molecular complexity index is 741. The highest BCUT2D eigenvalue weighted by molar-refractivity contribution is 5.56. The van der Waals surface area contributed by atoms with Gasteiger partial charge in [0.25, 0.3) is 0 Å². The van der Waals surface area contributed by atoms with Crippen LogP contribution in [0.3, 0.4) is 0 Å². The van der Waals surface area contributed by atoms with Gasteiger partial charge in [0.1, 0.15) is 5.82 Å². The Labute approximate surface area is 157 Å². The number of likely N-dealkylation sites (tertiary alicyclic amines) is 1. The van der Waals surface area contributed by atoms with Crippen LogP contribution in [0.5, 0.6) is 0 Å². The minimum absolute atomic E-state index is 0.612. The number of aromatic nitrogens is 2. The Morgan fingerprint density at radius 3 is 2.69 bits per heavy atom. The Hall–Kier alpha value is -1.81. The molecule has 1 N–H and O–H groups in total. The third-order valence-electron chi connectivity index (χ3n) is 6.18. The molecule has 0 radical (unpaired) electrons. The van der Waals surface area contributed by atoms with Crippen molar-refractivity contribution < 1.29 is 0 Å². The molecular weight excluding hydrogens is 320 g/mol. The van der Waals surface area contributed by atoms with Crippen LogP contribution in [-0.4, -0.2) is 40.9 Å². The Kier molecular flexibility index (Phi) is 5.30. The second kappa shape index (κ2) is 7.83. The summed E-state index contributed by atoms with van der Waals surface area (Å²) in [4.78, 5) is 2.57. The highest BCUT2D eigenvalue weighted by Crippen LogP contribution is 2.36. The molecule has 0 amide bonds. The van der Waals surface area contributed by atoms with Gasteiger partial charge in [0, 0.05) is 18.0 Å². The summed E-state index contributed by atoms with van der Waals surface area (Å²) in [6, 6.07) is 8.74. The fourth-order valence-corrected chi connectivity index (χ4v) is 4.57. The van der Waals surface area contributed by atoms with Gasteiger partial charge in [-0.15, -0.1) is 0 Å². The predicted molar refractivity (Wildman–Crippen MR) is 108 cm³/mol. The van der Waals surface area contributed by atoms with E-state index in [0.29, 0.717) is 5.92 Å². The van der Waals surface area contributed by atoms with Crippen molar-refractivity contribution in [1.82, 2.24) is 14.7 Å². The molecule has 0 spiro atoms. The van der Waals surface area contributed by atoms with Crippen LogP contribution in [0.4, 0.5) is 5.82 Å². The maximum absolute atomic E-state index is 5.22. The molecule has 2 aliphatic rings. The standard InChI is InChI=1S/C22H32N4/c1-3-17-9-5-6-11-20(17)26-22-19(10-7-8-14-23-22)21(24-26)18-12-15-25(4-2)16-13-18/h5-6,9,11,18,23H,3-4,7-8,10,12-16H2,1-2H3. The lowest BCUT2D eigenvalue weighted by Gasteiger charge is -2.30. The number of hydrogen-bond acceptors (Lipinski definition) is 3. The van der Waals surface area contributed by atoms with Crippen LogP contribution >= 0.6 is 0 Å². The van der Waals surface area contributed by atoms with E-state index in [-0.39, 0.29) is 0 Å². The van der Waals surface area contributed by atoms with Crippen LogP contribution in [0.2, 0.25) is 0 Å². The number of para-hydroxylation sites is 1. The molecule has 1 saturated heterocycles. The van der Waals surface area contributed by atoms with Gasteiger partial charge in [-0.25, -0.2) is 4.68 Å². The lowest BCUT2D eigenvalue weighted by atomic mass is 9.90. The number of nitrogens with zero attached hydrogens (tertiary/aromatic N) is 3. The van der Waals surface area contributed by atoms with Gasteiger partial charge in [-0.2, -0.15) is 5.10 Å². The van der Waals surface area contributed by atoms with Gasteiger partial charge in [0.2, 0.25) is 0 Å². The molecule has 0 atom stereocenters. The normalized spacial score (nSPS) is 19.0. The van der Waals surface area contributed by atoms with Crippen LogP contribution in [0.15, 0.2) is 24.3 Å². The lowest BCUT2D eigenvalue weighted by Crippen LogP contribution is -2.33. The average Bonchev–Trinajstić information content (AvgIpc) is 2.88. The quantitative estimate of drug-likeness (QED) is 0.886. The second-order valence-corrected chi connectivity index (χ2v) is 7.70. The highest BCUT2D eigenvalue weighted by Gasteiger charge is 2.28. The first-order valence-electron chi connectivity index (χ1n) is 10.5. The van der Waals surface area contributed by atoms with E-state index in [1.807, 2.05) is 0 Å². The lowest BCUT2D eigenvalue weighted by molar-refractivity contribution is 0.220. The Balaban J connectivity index is 1.75. The van der Waals surface area contributed by atoms with Crippen molar-refractivity contribution in [3.63, 3.8) is 0 Å². The predicted octanol–water partition coefficient (Wildman–Crippen LogP) is 4.38. The van der Waals surface area contributed by atoms with Crippen molar-refractivity contribution in [2.45, 2.75) is 58.3 Å². The molecule has 0 aliphatic carbocycles. The van der Waals surface area contributed by atoms with Gasteiger partial charge in [-0.1, -0.05) is 32.0 Å². The smallest absolute Gasteiger partial charge is 0.133 e. The number of nitrogens with one attached hydrogen (secondary N) is 1. The summed E-state index contributed by atoms with van der Waals surface area (Å²) in [5.41, 5.74) is 5.48. The first-order chi connectivity index (χ1) is 12.8. The molecule has 2 aliphatic heterocycles. The summed E-state index contributed by atoms with van der Waals surface area (Å²) in [6.07, 6.45) is 7.20. The number of piperidine rings is 1. The third-order valence-corrected chi connectivity index (χ3v) is 6.18. The summed E-state index contributed by atoms with van der Waals surface area (Å²) >= 11 is 0. The van der Waals surface area contributed by atoms with Crippen molar-refractivity contribution in [3.05, 3.63) is 41.1 Å². The minimum Gasteiger partial charge on any atom is -0.370 e. The zero-order valence-electron chi connectivity index (χ0n) is 16.3. The van der Waals surface area contributed by atoms with E-state index in [1.54, 1.807) is 0 Å². The summed E-state index contributed by atoms with van der Waals surface area (Å²) in [5, 5.41) is 8.94. The molecular formula is C22H32N4. The molecule has 1 aromatic carbocycles. The number of aryl methyl sites for hydroxylation is 1. The first kappa shape index (κ1) is 17.6. The van der Waals surface area contributed by atoms with E-state index in [4.69, 9.17) is 5.10 Å². The topological polar surface area (TPSA) is 33.1 Å². The van der Waals surface area contributed by atoms with Gasteiger partial charge in [-0.05, 0) is 69.8 Å². The fourth-order valence-electron chi connectivity index (χ4n) is 4.57. The molecule has 0 unspecified atom stereocenters. The summed E-state index contributed by atoms with van der Waals surface area (Å²) < 4.78 is 2.22. The fraction of sp³-hybridized carbons (Fsp3) is 0.591. The molecule has 0 bridgehead atoms. The van der Waals surface area contributed by atoms with Crippen LogP contribution < -0.4 is 5.32 Å². The molecule has 4 nitrogen and oxygen atoms in total. The molecule has 3 heterocycles. The van der Waals surface area contributed by atoms with Crippen LogP contribution in [0, 0.1) is 0 Å². The van der Waals surface area contributed by atoms with Gasteiger partial charge in [-0.3, -0.25) is 0 Å². The molecule has 26 heavy (non-hydrogen) atoms. The molecule has 1 fully saturated rings. The molecule has 140 valence electrons. The summed E-state index contributed by atoms with van der Waals surface area (Å²) in [6.45, 7) is 9.15. The largest absolute Gasteiger partial charge is 0.370 e. The number of fused-ring (bicyclic) bond motifs is 1. The molecule has 0 saturated carbocycles. The van der Waals surface area contributed by atoms with Gasteiger partial charge < -0.3 is 10.2 Å². The summed E-state index contributed by atoms with van der Waals surface area (Å²) in [7, 11) is 0. The van der Waals surface area contributed by atoms with E-state index >= 15 is 0 Å².